The predicted molar refractivity (Wildman–Crippen MR) is 230 cm³/mol. The molecule has 1 aromatic heterocycles. The second-order valence-electron chi connectivity index (χ2n) is 16.5. The van der Waals surface area contributed by atoms with Gasteiger partial charge in [0.1, 0.15) is 16.9 Å². The van der Waals surface area contributed by atoms with E-state index < -0.39 is 28.4 Å². The summed E-state index contributed by atoms with van der Waals surface area (Å²) in [6, 6.07) is 24.6. The molecular weight excluding hydrogens is 761 g/mol. The fourth-order valence-corrected chi connectivity index (χ4v) is 8.78. The van der Waals surface area contributed by atoms with Gasteiger partial charge >= 0.3 is 11.9 Å². The van der Waals surface area contributed by atoms with Crippen LogP contribution in [0, 0.1) is 22.0 Å². The average Bonchev–Trinajstić information content (AvgIpc) is 3.90. The number of carbonyl (C=O) groups is 4. The van der Waals surface area contributed by atoms with E-state index in [-0.39, 0.29) is 59.0 Å². The molecule has 12 nitrogen and oxygen atoms in total. The molecule has 12 heteroatoms. The predicted octanol–water partition coefficient (Wildman–Crippen LogP) is 10.3. The van der Waals surface area contributed by atoms with Gasteiger partial charge in [0, 0.05) is 39.9 Å². The van der Waals surface area contributed by atoms with E-state index in [9.17, 15) is 29.3 Å². The molecule has 2 fully saturated rings. The number of carbonyl (C=O) groups excluding carboxylic acids is 4. The van der Waals surface area contributed by atoms with E-state index in [2.05, 4.69) is 28.7 Å². The Morgan fingerprint density at radius 1 is 0.717 bits per heavy atom. The Balaban J connectivity index is 1.35. The molecule has 0 N–H and O–H groups in total. The minimum absolute atomic E-state index is 0.0138. The minimum atomic E-state index is -0.624. The zero-order chi connectivity index (χ0) is 42.3. The highest BCUT2D eigenvalue weighted by Crippen LogP contribution is 2.44. The van der Waals surface area contributed by atoms with Gasteiger partial charge in [0.2, 0.25) is 11.6 Å². The van der Waals surface area contributed by atoms with Gasteiger partial charge in [-0.1, -0.05) is 117 Å². The van der Waals surface area contributed by atoms with Gasteiger partial charge in [0.15, 0.2) is 0 Å². The highest BCUT2D eigenvalue weighted by Gasteiger charge is 2.33. The van der Waals surface area contributed by atoms with Crippen LogP contribution in [0.5, 0.6) is 0 Å². The molecular formula is C48H50N4O8. The third-order valence-corrected chi connectivity index (χ3v) is 11.6. The van der Waals surface area contributed by atoms with Gasteiger partial charge in [-0.2, -0.15) is 0 Å². The van der Waals surface area contributed by atoms with Gasteiger partial charge in [-0.05, 0) is 79.8 Å². The van der Waals surface area contributed by atoms with E-state index in [0.717, 1.165) is 67.2 Å². The summed E-state index contributed by atoms with van der Waals surface area (Å²) in [6.07, 6.45) is 8.24. The molecule has 2 saturated carbocycles. The summed E-state index contributed by atoms with van der Waals surface area (Å²) in [5.41, 5.74) is 3.62. The highest BCUT2D eigenvalue weighted by molar-refractivity contribution is 6.47. The van der Waals surface area contributed by atoms with Crippen molar-refractivity contribution in [3.63, 3.8) is 0 Å². The van der Waals surface area contributed by atoms with Crippen molar-refractivity contribution in [1.82, 2.24) is 4.57 Å². The monoisotopic (exact) mass is 810 g/mol. The molecule has 1 heterocycles. The average molecular weight is 811 g/mol. The maximum absolute atomic E-state index is 14.6. The lowest BCUT2D eigenvalue weighted by atomic mass is 9.92. The van der Waals surface area contributed by atoms with Gasteiger partial charge in [-0.15, -0.1) is 0 Å². The molecule has 0 unspecified atom stereocenters. The Kier molecular flexibility index (Phi) is 13.1. The van der Waals surface area contributed by atoms with E-state index in [1.165, 1.54) is 13.0 Å². The van der Waals surface area contributed by atoms with E-state index in [1.54, 1.807) is 36.4 Å². The Morgan fingerprint density at radius 2 is 1.25 bits per heavy atom. The lowest BCUT2D eigenvalue weighted by Crippen LogP contribution is -2.24. The molecule has 0 bridgehead atoms. The van der Waals surface area contributed by atoms with Gasteiger partial charge < -0.3 is 14.2 Å². The third-order valence-electron chi connectivity index (χ3n) is 11.6. The van der Waals surface area contributed by atoms with Crippen LogP contribution in [-0.4, -0.2) is 44.4 Å². The van der Waals surface area contributed by atoms with Crippen molar-refractivity contribution >= 4 is 62.4 Å². The zero-order valence-corrected chi connectivity index (χ0v) is 34.4. The molecule has 2 aliphatic carbocycles. The standard InChI is InChI=1S/C48H50N4O8/c1-30(2)23-35-26-36(47(55)31(3)49-59-42(53)24-32-15-7-4-8-16-32)27-39-40-28-37(29-41(52(57)58)46(40)51(45(35)39)38-21-11-6-12-22-38)48(56)44(34-19-13-14-20-34)50-60-43(54)25-33-17-9-5-10-18-33/h4-5,7-10,15-18,26-30,34,38H,6,11-14,19-25H2,1-3H3/b49-31+,50-44+. The molecule has 60 heavy (non-hydrogen) atoms. The summed E-state index contributed by atoms with van der Waals surface area (Å²) in [6.45, 7) is 5.62. The van der Waals surface area contributed by atoms with Crippen LogP contribution in [0.25, 0.3) is 21.8 Å². The van der Waals surface area contributed by atoms with Gasteiger partial charge in [-0.25, -0.2) is 9.59 Å². The number of ketones is 2. The van der Waals surface area contributed by atoms with E-state index in [4.69, 9.17) is 9.68 Å². The van der Waals surface area contributed by atoms with Crippen molar-refractivity contribution in [2.75, 3.05) is 0 Å². The summed E-state index contributed by atoms with van der Waals surface area (Å²) >= 11 is 0. The minimum Gasteiger partial charge on any atom is -0.332 e. The molecule has 0 atom stereocenters. The number of rotatable bonds is 15. The summed E-state index contributed by atoms with van der Waals surface area (Å²) in [7, 11) is 0. The first-order valence-electron chi connectivity index (χ1n) is 21.0. The fourth-order valence-electron chi connectivity index (χ4n) is 8.78. The molecule has 7 rings (SSSR count). The first-order chi connectivity index (χ1) is 29.0. The molecule has 0 amide bonds. The lowest BCUT2D eigenvalue weighted by Gasteiger charge is -2.26. The van der Waals surface area contributed by atoms with Gasteiger partial charge in [-0.3, -0.25) is 19.7 Å². The van der Waals surface area contributed by atoms with Crippen molar-refractivity contribution in [1.29, 1.82) is 0 Å². The Bertz CT molecular complexity index is 2490. The van der Waals surface area contributed by atoms with Crippen LogP contribution in [-0.2, 0) is 38.5 Å². The number of fused-ring (bicyclic) bond motifs is 3. The SMILES string of the molecule is C/C(=N\OC(=O)Cc1ccccc1)C(=O)c1cc(CC(C)C)c2c(c1)c1cc(C(=O)/C(=N/OC(=O)Cc3ccccc3)C3CCCC3)cc([N+](=O)[O-])c1n2C1CCCCC1. The molecule has 0 aliphatic heterocycles. The number of oxime groups is 2. The molecule has 5 aromatic rings. The number of benzene rings is 4. The van der Waals surface area contributed by atoms with Crippen molar-refractivity contribution < 1.29 is 33.8 Å². The van der Waals surface area contributed by atoms with E-state index in [1.807, 2.05) is 42.5 Å². The van der Waals surface area contributed by atoms with Crippen LogP contribution in [0.2, 0.25) is 0 Å². The van der Waals surface area contributed by atoms with Crippen LogP contribution >= 0.6 is 0 Å². The largest absolute Gasteiger partial charge is 0.339 e. The van der Waals surface area contributed by atoms with Crippen molar-refractivity contribution in [3.05, 3.63) is 123 Å². The van der Waals surface area contributed by atoms with Crippen molar-refractivity contribution in [3.8, 4) is 0 Å². The number of nitro benzene ring substituents is 1. The Labute approximate surface area is 348 Å². The Morgan fingerprint density at radius 3 is 1.82 bits per heavy atom. The topological polar surface area (TPSA) is 160 Å². The number of hydrogen-bond donors (Lipinski definition) is 0. The van der Waals surface area contributed by atoms with E-state index >= 15 is 0 Å². The number of nitrogens with zero attached hydrogens (tertiary/aromatic N) is 4. The summed E-state index contributed by atoms with van der Waals surface area (Å²) in [5, 5.41) is 22.3. The smallest absolute Gasteiger partial charge is 0.332 e. The second-order valence-corrected chi connectivity index (χ2v) is 16.5. The highest BCUT2D eigenvalue weighted by atomic mass is 16.7. The van der Waals surface area contributed by atoms with Crippen molar-refractivity contribution in [2.24, 2.45) is 22.1 Å². The third kappa shape index (κ3) is 9.43. The van der Waals surface area contributed by atoms with Crippen LogP contribution < -0.4 is 0 Å². The number of non-ortho nitro benzene ring substituents is 1. The first kappa shape index (κ1) is 41.8. The zero-order valence-electron chi connectivity index (χ0n) is 34.4. The Hall–Kier alpha value is -6.30. The second kappa shape index (κ2) is 18.7. The number of Topliss-reactive ketones (excluding diaryl/α,β-unsaturated/α-hetero) is 2. The normalized spacial score (nSPS) is 15.5. The van der Waals surface area contributed by atoms with Crippen molar-refractivity contribution in [2.45, 2.75) is 104 Å². The molecule has 4 aromatic carbocycles. The molecule has 0 radical (unpaired) electrons. The van der Waals surface area contributed by atoms with E-state index in [0.29, 0.717) is 35.6 Å². The lowest BCUT2D eigenvalue weighted by molar-refractivity contribution is -0.383. The summed E-state index contributed by atoms with van der Waals surface area (Å²) in [4.78, 5) is 77.5. The number of hydrogen-bond acceptors (Lipinski definition) is 10. The maximum atomic E-state index is 14.6. The van der Waals surface area contributed by atoms with Gasteiger partial charge in [0.05, 0.1) is 23.3 Å². The maximum Gasteiger partial charge on any atom is 0.339 e. The molecule has 2 aliphatic rings. The molecule has 0 saturated heterocycles. The number of aromatic nitrogens is 1. The number of nitro groups is 1. The fraction of sp³-hybridized carbons (Fsp3) is 0.375. The first-order valence-corrected chi connectivity index (χ1v) is 21.0. The van der Waals surface area contributed by atoms with Gasteiger partial charge in [0.25, 0.3) is 5.69 Å². The molecule has 310 valence electrons. The van der Waals surface area contributed by atoms with Crippen LogP contribution in [0.4, 0.5) is 5.69 Å². The van der Waals surface area contributed by atoms with Crippen LogP contribution in [0.15, 0.2) is 95.2 Å². The molecule has 0 spiro atoms. The quantitative estimate of drug-likeness (QED) is 0.0332. The van der Waals surface area contributed by atoms with Crippen LogP contribution in [0.1, 0.15) is 122 Å². The summed E-state index contributed by atoms with van der Waals surface area (Å²) < 4.78 is 2.09. The van der Waals surface area contributed by atoms with Crippen LogP contribution in [0.3, 0.4) is 0 Å². The summed E-state index contributed by atoms with van der Waals surface area (Å²) in [5.74, 6) is -2.38.